The minimum Gasteiger partial charge on any atom is -0.310 e. The fourth-order valence-corrected chi connectivity index (χ4v) is 4.11. The number of nitrogens with one attached hydrogen (secondary N) is 1. The number of aryl methyl sites for hydroxylation is 3. The highest BCUT2D eigenvalue weighted by Crippen LogP contribution is 2.39. The van der Waals surface area contributed by atoms with Crippen LogP contribution in [0.15, 0.2) is 12.1 Å². The predicted octanol–water partition coefficient (Wildman–Crippen LogP) is 5.48. The molecule has 0 spiro atoms. The summed E-state index contributed by atoms with van der Waals surface area (Å²) in [5.41, 5.74) is 5.91. The number of benzene rings is 1. The Bertz CT molecular complexity index is 432. The van der Waals surface area contributed by atoms with Crippen LogP contribution in [-0.4, -0.2) is 6.54 Å². The van der Waals surface area contributed by atoms with Crippen molar-refractivity contribution in [3.05, 3.63) is 34.4 Å². The van der Waals surface area contributed by atoms with Crippen molar-refractivity contribution in [1.82, 2.24) is 5.32 Å². The van der Waals surface area contributed by atoms with Crippen LogP contribution in [0.4, 0.5) is 0 Å². The number of hydrogen-bond acceptors (Lipinski definition) is 1. The van der Waals surface area contributed by atoms with Crippen molar-refractivity contribution in [2.45, 2.75) is 72.8 Å². The lowest BCUT2D eigenvalue weighted by Crippen LogP contribution is -2.32. The molecule has 0 amide bonds. The smallest absolute Gasteiger partial charge is 0.0353 e. The van der Waals surface area contributed by atoms with E-state index in [1.165, 1.54) is 48.8 Å². The predicted molar refractivity (Wildman–Crippen MR) is 92.8 cm³/mol. The molecule has 1 unspecified atom stereocenters. The zero-order valence-electron chi connectivity index (χ0n) is 14.6. The summed E-state index contributed by atoms with van der Waals surface area (Å²) in [6.07, 6.45) is 6.78. The van der Waals surface area contributed by atoms with Crippen molar-refractivity contribution in [3.8, 4) is 0 Å². The molecule has 0 radical (unpaired) electrons. The van der Waals surface area contributed by atoms with Crippen LogP contribution in [0.25, 0.3) is 0 Å². The quantitative estimate of drug-likeness (QED) is 0.756. The lowest BCUT2D eigenvalue weighted by atomic mass is 9.75. The van der Waals surface area contributed by atoms with Gasteiger partial charge in [0.2, 0.25) is 0 Å². The molecule has 2 rings (SSSR count). The topological polar surface area (TPSA) is 12.0 Å². The SMILES string of the molecule is CCCNC(c1c(C)cc(C)cc1C)C1CCC(C)CC1. The first-order chi connectivity index (χ1) is 10.0. The summed E-state index contributed by atoms with van der Waals surface area (Å²) in [6.45, 7) is 12.6. The summed E-state index contributed by atoms with van der Waals surface area (Å²) in [7, 11) is 0. The van der Waals surface area contributed by atoms with E-state index < -0.39 is 0 Å². The lowest BCUT2D eigenvalue weighted by Gasteiger charge is -2.35. The zero-order chi connectivity index (χ0) is 15.4. The highest BCUT2D eigenvalue weighted by molar-refractivity contribution is 5.40. The van der Waals surface area contributed by atoms with Gasteiger partial charge in [-0.1, -0.05) is 44.4 Å². The summed E-state index contributed by atoms with van der Waals surface area (Å²) in [5.74, 6) is 1.74. The van der Waals surface area contributed by atoms with E-state index in [2.05, 4.69) is 52.1 Å². The molecule has 0 saturated heterocycles. The first-order valence-corrected chi connectivity index (χ1v) is 8.84. The highest BCUT2D eigenvalue weighted by atomic mass is 14.9. The average molecular weight is 287 g/mol. The number of hydrogen-bond donors (Lipinski definition) is 1. The van der Waals surface area contributed by atoms with E-state index >= 15 is 0 Å². The third-order valence-corrected chi connectivity index (χ3v) is 5.20. The molecule has 118 valence electrons. The maximum atomic E-state index is 3.87. The summed E-state index contributed by atoms with van der Waals surface area (Å²) >= 11 is 0. The summed E-state index contributed by atoms with van der Waals surface area (Å²) < 4.78 is 0. The molecule has 0 aliphatic heterocycles. The van der Waals surface area contributed by atoms with E-state index in [1.54, 1.807) is 5.56 Å². The van der Waals surface area contributed by atoms with Crippen LogP contribution >= 0.6 is 0 Å². The highest BCUT2D eigenvalue weighted by Gasteiger charge is 2.28. The molecule has 1 aliphatic carbocycles. The third-order valence-electron chi connectivity index (χ3n) is 5.20. The van der Waals surface area contributed by atoms with E-state index in [4.69, 9.17) is 0 Å². The minimum absolute atomic E-state index is 0.554. The second-order valence-corrected chi connectivity index (χ2v) is 7.26. The Hall–Kier alpha value is -0.820. The summed E-state index contributed by atoms with van der Waals surface area (Å²) in [6, 6.07) is 5.26. The molecule has 0 aromatic heterocycles. The molecule has 1 aromatic rings. The first kappa shape index (κ1) is 16.5. The summed E-state index contributed by atoms with van der Waals surface area (Å²) in [5, 5.41) is 3.87. The molecular formula is C20H33N. The van der Waals surface area contributed by atoms with Gasteiger partial charge in [-0.05, 0) is 75.1 Å². The Morgan fingerprint density at radius 3 is 2.14 bits per heavy atom. The largest absolute Gasteiger partial charge is 0.310 e. The van der Waals surface area contributed by atoms with Gasteiger partial charge in [0.15, 0.2) is 0 Å². The lowest BCUT2D eigenvalue weighted by molar-refractivity contribution is 0.230. The maximum absolute atomic E-state index is 3.87. The van der Waals surface area contributed by atoms with Gasteiger partial charge in [0, 0.05) is 6.04 Å². The van der Waals surface area contributed by atoms with E-state index in [0.717, 1.165) is 18.4 Å². The molecular weight excluding hydrogens is 254 g/mol. The Balaban J connectivity index is 2.27. The monoisotopic (exact) mass is 287 g/mol. The van der Waals surface area contributed by atoms with Crippen LogP contribution in [0.5, 0.6) is 0 Å². The van der Waals surface area contributed by atoms with Gasteiger partial charge in [-0.15, -0.1) is 0 Å². The van der Waals surface area contributed by atoms with Gasteiger partial charge in [-0.2, -0.15) is 0 Å². The van der Waals surface area contributed by atoms with Crippen LogP contribution in [0, 0.1) is 32.6 Å². The van der Waals surface area contributed by atoms with E-state index in [0.29, 0.717) is 6.04 Å². The molecule has 1 N–H and O–H groups in total. The minimum atomic E-state index is 0.554. The first-order valence-electron chi connectivity index (χ1n) is 8.84. The second-order valence-electron chi connectivity index (χ2n) is 7.26. The molecule has 1 heteroatoms. The molecule has 0 bridgehead atoms. The van der Waals surface area contributed by atoms with Crippen LogP contribution in [-0.2, 0) is 0 Å². The average Bonchev–Trinajstić information content (AvgIpc) is 2.42. The molecule has 1 nitrogen and oxygen atoms in total. The molecule has 1 atom stereocenters. The van der Waals surface area contributed by atoms with Crippen molar-refractivity contribution in [1.29, 1.82) is 0 Å². The van der Waals surface area contributed by atoms with Gasteiger partial charge in [-0.3, -0.25) is 0 Å². The van der Waals surface area contributed by atoms with Crippen molar-refractivity contribution in [2.75, 3.05) is 6.54 Å². The van der Waals surface area contributed by atoms with E-state index in [9.17, 15) is 0 Å². The van der Waals surface area contributed by atoms with Gasteiger partial charge >= 0.3 is 0 Å². The molecule has 1 fully saturated rings. The number of rotatable bonds is 5. The second kappa shape index (κ2) is 7.45. The van der Waals surface area contributed by atoms with Crippen molar-refractivity contribution < 1.29 is 0 Å². The van der Waals surface area contributed by atoms with Gasteiger partial charge < -0.3 is 5.32 Å². The van der Waals surface area contributed by atoms with E-state index in [-0.39, 0.29) is 0 Å². The van der Waals surface area contributed by atoms with Crippen LogP contribution in [0.3, 0.4) is 0 Å². The fourth-order valence-electron chi connectivity index (χ4n) is 4.11. The molecule has 1 aliphatic rings. The van der Waals surface area contributed by atoms with Crippen molar-refractivity contribution in [3.63, 3.8) is 0 Å². The zero-order valence-corrected chi connectivity index (χ0v) is 14.6. The van der Waals surface area contributed by atoms with Crippen molar-refractivity contribution in [2.24, 2.45) is 11.8 Å². The van der Waals surface area contributed by atoms with Gasteiger partial charge in [0.1, 0.15) is 0 Å². The Labute approximate surface area is 131 Å². The standard InChI is InChI=1S/C20H33N/c1-6-11-21-20(18-9-7-14(2)8-10-18)19-16(4)12-15(3)13-17(19)5/h12-14,18,20-21H,6-11H2,1-5H3. The molecule has 1 aromatic carbocycles. The van der Waals surface area contributed by atoms with Gasteiger partial charge in [0.05, 0.1) is 0 Å². The Morgan fingerprint density at radius 2 is 1.62 bits per heavy atom. The third kappa shape index (κ3) is 4.10. The Kier molecular flexibility index (Phi) is 5.87. The van der Waals surface area contributed by atoms with Gasteiger partial charge in [0.25, 0.3) is 0 Å². The fraction of sp³-hybridized carbons (Fsp3) is 0.700. The van der Waals surface area contributed by atoms with Crippen molar-refractivity contribution >= 4 is 0 Å². The molecule has 0 heterocycles. The normalized spacial score (nSPS) is 24.0. The Morgan fingerprint density at radius 1 is 1.05 bits per heavy atom. The molecule has 21 heavy (non-hydrogen) atoms. The van der Waals surface area contributed by atoms with E-state index in [1.807, 2.05) is 0 Å². The van der Waals surface area contributed by atoms with Crippen LogP contribution < -0.4 is 5.32 Å². The summed E-state index contributed by atoms with van der Waals surface area (Å²) in [4.78, 5) is 0. The van der Waals surface area contributed by atoms with Crippen LogP contribution in [0.1, 0.15) is 74.2 Å². The van der Waals surface area contributed by atoms with Gasteiger partial charge in [-0.25, -0.2) is 0 Å². The van der Waals surface area contributed by atoms with Crippen LogP contribution in [0.2, 0.25) is 0 Å². The molecule has 1 saturated carbocycles. The maximum Gasteiger partial charge on any atom is 0.0353 e.